The van der Waals surface area contributed by atoms with Crippen LogP contribution in [0.25, 0.3) is 10.6 Å². The summed E-state index contributed by atoms with van der Waals surface area (Å²) in [5, 5.41) is 8.89. The summed E-state index contributed by atoms with van der Waals surface area (Å²) < 4.78 is 10.7. The van der Waals surface area contributed by atoms with Crippen LogP contribution in [0.5, 0.6) is 0 Å². The number of carbonyl (C=O) groups is 1. The molecule has 1 aliphatic heterocycles. The first kappa shape index (κ1) is 20.0. The molecule has 0 aliphatic carbocycles. The Hall–Kier alpha value is -1.70. The SMILES string of the molecule is C[C@@H]1C[C@@H](C)CN(CCCNC(=O)COCc2cc(-c3cccs3)on2)C1. The standard InChI is InChI=1S/C20H29N3O3S/c1-15-9-16(2)12-23(11-15)7-4-6-21-20(24)14-25-13-17-10-18(26-22-17)19-5-3-8-27-19/h3,5,8,10,15-16H,4,6-7,9,11-14H2,1-2H3,(H,21,24)/t15-,16-/m1/s1. The molecule has 1 aliphatic rings. The van der Waals surface area contributed by atoms with E-state index in [1.807, 2.05) is 23.6 Å². The van der Waals surface area contributed by atoms with Gasteiger partial charge < -0.3 is 19.5 Å². The summed E-state index contributed by atoms with van der Waals surface area (Å²) in [7, 11) is 0. The Balaban J connectivity index is 1.27. The molecule has 2 atom stereocenters. The van der Waals surface area contributed by atoms with Crippen molar-refractivity contribution in [1.29, 1.82) is 0 Å². The topological polar surface area (TPSA) is 67.6 Å². The maximum atomic E-state index is 11.9. The maximum absolute atomic E-state index is 11.9. The van der Waals surface area contributed by atoms with Gasteiger partial charge in [-0.1, -0.05) is 25.1 Å². The molecule has 1 saturated heterocycles. The summed E-state index contributed by atoms with van der Waals surface area (Å²) in [6.45, 7) is 9.03. The second-order valence-electron chi connectivity index (χ2n) is 7.56. The van der Waals surface area contributed by atoms with Crippen LogP contribution in [0.4, 0.5) is 0 Å². The van der Waals surface area contributed by atoms with E-state index >= 15 is 0 Å². The molecule has 0 unspecified atom stereocenters. The van der Waals surface area contributed by atoms with Gasteiger partial charge in [-0.05, 0) is 42.7 Å². The van der Waals surface area contributed by atoms with E-state index in [1.165, 1.54) is 19.5 Å². The van der Waals surface area contributed by atoms with Gasteiger partial charge in [0.25, 0.3) is 0 Å². The number of likely N-dealkylation sites (tertiary alicyclic amines) is 1. The second-order valence-corrected chi connectivity index (χ2v) is 8.51. The fraction of sp³-hybridized carbons (Fsp3) is 0.600. The molecule has 148 valence electrons. The Labute approximate surface area is 164 Å². The van der Waals surface area contributed by atoms with E-state index in [-0.39, 0.29) is 19.1 Å². The smallest absolute Gasteiger partial charge is 0.246 e. The molecule has 3 rings (SSSR count). The first-order chi connectivity index (χ1) is 13.1. The van der Waals surface area contributed by atoms with Crippen molar-refractivity contribution >= 4 is 17.2 Å². The molecular weight excluding hydrogens is 362 g/mol. The number of aromatic nitrogens is 1. The fourth-order valence-electron chi connectivity index (χ4n) is 3.72. The first-order valence-corrected chi connectivity index (χ1v) is 10.5. The number of nitrogens with one attached hydrogen (secondary N) is 1. The van der Waals surface area contributed by atoms with Gasteiger partial charge in [-0.15, -0.1) is 11.3 Å². The summed E-state index contributed by atoms with van der Waals surface area (Å²) >= 11 is 1.60. The minimum absolute atomic E-state index is 0.0407. The predicted octanol–water partition coefficient (Wildman–Crippen LogP) is 3.40. The molecule has 3 heterocycles. The van der Waals surface area contributed by atoms with E-state index in [4.69, 9.17) is 9.26 Å². The lowest BCUT2D eigenvalue weighted by molar-refractivity contribution is -0.126. The van der Waals surface area contributed by atoms with Crippen molar-refractivity contribution < 1.29 is 14.1 Å². The van der Waals surface area contributed by atoms with Crippen molar-refractivity contribution in [3.05, 3.63) is 29.3 Å². The highest BCUT2D eigenvalue weighted by Crippen LogP contribution is 2.25. The number of carbonyl (C=O) groups excluding carboxylic acids is 1. The van der Waals surface area contributed by atoms with E-state index in [2.05, 4.69) is 29.2 Å². The zero-order valence-electron chi connectivity index (χ0n) is 16.1. The van der Waals surface area contributed by atoms with Gasteiger partial charge in [0.2, 0.25) is 5.91 Å². The zero-order chi connectivity index (χ0) is 19.1. The quantitative estimate of drug-likeness (QED) is 0.664. The molecular formula is C20H29N3O3S. The largest absolute Gasteiger partial charge is 0.365 e. The molecule has 0 saturated carbocycles. The maximum Gasteiger partial charge on any atom is 0.246 e. The van der Waals surface area contributed by atoms with Crippen LogP contribution in [0, 0.1) is 11.8 Å². The highest BCUT2D eigenvalue weighted by Gasteiger charge is 2.21. The van der Waals surface area contributed by atoms with E-state index in [0.717, 1.165) is 35.4 Å². The van der Waals surface area contributed by atoms with Gasteiger partial charge in [-0.3, -0.25) is 4.79 Å². The van der Waals surface area contributed by atoms with Crippen LogP contribution in [0.2, 0.25) is 0 Å². The van der Waals surface area contributed by atoms with Gasteiger partial charge in [0.1, 0.15) is 12.3 Å². The minimum atomic E-state index is -0.0858. The third-order valence-corrected chi connectivity index (χ3v) is 5.61. The van der Waals surface area contributed by atoms with Crippen molar-refractivity contribution in [2.75, 3.05) is 32.8 Å². The average Bonchev–Trinajstić information content (AvgIpc) is 3.29. The predicted molar refractivity (Wildman–Crippen MR) is 106 cm³/mol. The third-order valence-electron chi connectivity index (χ3n) is 4.72. The normalized spacial score (nSPS) is 20.7. The molecule has 0 radical (unpaired) electrons. The van der Waals surface area contributed by atoms with E-state index in [0.29, 0.717) is 12.2 Å². The van der Waals surface area contributed by atoms with E-state index in [9.17, 15) is 4.79 Å². The summed E-state index contributed by atoms with van der Waals surface area (Å²) in [6.07, 6.45) is 2.30. The molecule has 7 heteroatoms. The molecule has 2 aromatic rings. The number of hydrogen-bond acceptors (Lipinski definition) is 6. The zero-order valence-corrected chi connectivity index (χ0v) is 17.0. The minimum Gasteiger partial charge on any atom is -0.365 e. The Morgan fingerprint density at radius 3 is 2.96 bits per heavy atom. The van der Waals surface area contributed by atoms with Crippen LogP contribution >= 0.6 is 11.3 Å². The van der Waals surface area contributed by atoms with Crippen LogP contribution in [-0.4, -0.2) is 48.7 Å². The van der Waals surface area contributed by atoms with Gasteiger partial charge in [-0.2, -0.15) is 0 Å². The van der Waals surface area contributed by atoms with Crippen molar-refractivity contribution in [1.82, 2.24) is 15.4 Å². The van der Waals surface area contributed by atoms with Gasteiger partial charge in [0, 0.05) is 25.7 Å². The van der Waals surface area contributed by atoms with Crippen LogP contribution in [-0.2, 0) is 16.1 Å². The van der Waals surface area contributed by atoms with Crippen molar-refractivity contribution in [2.45, 2.75) is 33.3 Å². The van der Waals surface area contributed by atoms with Crippen LogP contribution < -0.4 is 5.32 Å². The second kappa shape index (κ2) is 10.0. The average molecular weight is 392 g/mol. The Morgan fingerprint density at radius 2 is 2.22 bits per heavy atom. The number of piperidine rings is 1. The molecule has 1 N–H and O–H groups in total. The van der Waals surface area contributed by atoms with Gasteiger partial charge >= 0.3 is 0 Å². The van der Waals surface area contributed by atoms with Crippen molar-refractivity contribution in [3.63, 3.8) is 0 Å². The fourth-order valence-corrected chi connectivity index (χ4v) is 4.39. The highest BCUT2D eigenvalue weighted by atomic mass is 32.1. The first-order valence-electron chi connectivity index (χ1n) is 9.66. The molecule has 27 heavy (non-hydrogen) atoms. The summed E-state index contributed by atoms with van der Waals surface area (Å²) in [4.78, 5) is 15.4. The van der Waals surface area contributed by atoms with E-state index in [1.54, 1.807) is 11.3 Å². The molecule has 0 bridgehead atoms. The number of amides is 1. The number of nitrogens with zero attached hydrogens (tertiary/aromatic N) is 2. The lowest BCUT2D eigenvalue weighted by Gasteiger charge is -2.34. The number of thiophene rings is 1. The Bertz CT molecular complexity index is 691. The molecule has 1 amide bonds. The number of ether oxygens (including phenoxy) is 1. The number of rotatable bonds is 9. The van der Waals surface area contributed by atoms with E-state index < -0.39 is 0 Å². The summed E-state index contributed by atoms with van der Waals surface area (Å²) in [5.74, 6) is 2.19. The van der Waals surface area contributed by atoms with Crippen LogP contribution in [0.1, 0.15) is 32.4 Å². The highest BCUT2D eigenvalue weighted by molar-refractivity contribution is 7.13. The van der Waals surface area contributed by atoms with Gasteiger partial charge in [0.15, 0.2) is 5.76 Å². The lowest BCUT2D eigenvalue weighted by atomic mass is 9.92. The monoisotopic (exact) mass is 391 g/mol. The number of hydrogen-bond donors (Lipinski definition) is 1. The molecule has 6 nitrogen and oxygen atoms in total. The molecule has 1 fully saturated rings. The van der Waals surface area contributed by atoms with Crippen molar-refractivity contribution in [2.24, 2.45) is 11.8 Å². The molecule has 0 spiro atoms. The van der Waals surface area contributed by atoms with Crippen molar-refractivity contribution in [3.8, 4) is 10.6 Å². The molecule has 0 aromatic carbocycles. The van der Waals surface area contributed by atoms with Crippen LogP contribution in [0.15, 0.2) is 28.1 Å². The van der Waals surface area contributed by atoms with Crippen LogP contribution in [0.3, 0.4) is 0 Å². The van der Waals surface area contributed by atoms with Gasteiger partial charge in [-0.25, -0.2) is 0 Å². The third kappa shape index (κ3) is 6.45. The molecule has 2 aromatic heterocycles. The summed E-state index contributed by atoms with van der Waals surface area (Å²) in [6, 6.07) is 5.80. The Morgan fingerprint density at radius 1 is 1.41 bits per heavy atom. The summed E-state index contributed by atoms with van der Waals surface area (Å²) in [5.41, 5.74) is 0.694. The van der Waals surface area contributed by atoms with Gasteiger partial charge in [0.05, 0.1) is 11.5 Å². The Kier molecular flexibility index (Phi) is 7.43. The lowest BCUT2D eigenvalue weighted by Crippen LogP contribution is -2.40.